The van der Waals surface area contributed by atoms with Gasteiger partial charge in [0.2, 0.25) is 0 Å². The topological polar surface area (TPSA) is 63.7 Å². The molecular formula is C21H25NO4S. The summed E-state index contributed by atoms with van der Waals surface area (Å²) in [7, 11) is -3.08. The molecule has 0 bridgehead atoms. The van der Waals surface area contributed by atoms with Crippen LogP contribution in [0.1, 0.15) is 35.7 Å². The molecule has 0 aromatic heterocycles. The molecule has 3 rings (SSSR count). The van der Waals surface area contributed by atoms with E-state index in [-0.39, 0.29) is 23.5 Å². The van der Waals surface area contributed by atoms with Gasteiger partial charge in [0, 0.05) is 18.2 Å². The highest BCUT2D eigenvalue weighted by molar-refractivity contribution is 7.91. The van der Waals surface area contributed by atoms with Gasteiger partial charge in [-0.25, -0.2) is 8.42 Å². The highest BCUT2D eigenvalue weighted by Crippen LogP contribution is 2.23. The van der Waals surface area contributed by atoms with Gasteiger partial charge >= 0.3 is 0 Å². The Labute approximate surface area is 160 Å². The molecule has 1 fully saturated rings. The molecule has 6 heteroatoms. The van der Waals surface area contributed by atoms with Crippen LogP contribution in [0.3, 0.4) is 0 Å². The molecule has 1 aliphatic rings. The molecule has 0 radical (unpaired) electrons. The average molecular weight is 388 g/mol. The van der Waals surface area contributed by atoms with Gasteiger partial charge in [0.1, 0.15) is 5.75 Å². The van der Waals surface area contributed by atoms with Crippen molar-refractivity contribution >= 4 is 15.7 Å². The van der Waals surface area contributed by atoms with E-state index in [1.807, 2.05) is 37.3 Å². The zero-order chi connectivity index (χ0) is 19.3. The molecule has 2 aromatic rings. The molecule has 1 aliphatic heterocycles. The number of carbonyl (C=O) groups is 1. The number of benzene rings is 2. The van der Waals surface area contributed by atoms with Crippen LogP contribution in [-0.4, -0.2) is 43.4 Å². The molecule has 1 heterocycles. The second-order valence-electron chi connectivity index (χ2n) is 6.85. The fourth-order valence-corrected chi connectivity index (χ4v) is 4.98. The van der Waals surface area contributed by atoms with Gasteiger partial charge in [-0.15, -0.1) is 0 Å². The van der Waals surface area contributed by atoms with Crippen LogP contribution >= 0.6 is 0 Å². The normalized spacial score (nSPS) is 18.2. The Morgan fingerprint density at radius 3 is 2.41 bits per heavy atom. The molecule has 0 N–H and O–H groups in total. The predicted octanol–water partition coefficient (Wildman–Crippen LogP) is 3.30. The summed E-state index contributed by atoms with van der Waals surface area (Å²) in [5.74, 6) is 0.748. The number of hydrogen-bond donors (Lipinski definition) is 0. The SMILES string of the molecule is CCCOc1ccc(C(=O)N(Cc2ccccc2)[C@H]2CCS(=O)(=O)C2)cc1. The zero-order valence-electron chi connectivity index (χ0n) is 15.5. The summed E-state index contributed by atoms with van der Waals surface area (Å²) < 4.78 is 29.5. The molecule has 0 unspecified atom stereocenters. The van der Waals surface area contributed by atoms with E-state index in [1.54, 1.807) is 29.2 Å². The maximum absolute atomic E-state index is 13.2. The molecule has 1 saturated heterocycles. The minimum absolute atomic E-state index is 0.0310. The van der Waals surface area contributed by atoms with Crippen molar-refractivity contribution in [1.29, 1.82) is 0 Å². The van der Waals surface area contributed by atoms with Gasteiger partial charge in [0.25, 0.3) is 5.91 Å². The first-order valence-electron chi connectivity index (χ1n) is 9.26. The van der Waals surface area contributed by atoms with Gasteiger partial charge in [-0.3, -0.25) is 4.79 Å². The summed E-state index contributed by atoms with van der Waals surface area (Å²) in [6.45, 7) is 3.07. The van der Waals surface area contributed by atoms with E-state index < -0.39 is 9.84 Å². The van der Waals surface area contributed by atoms with E-state index in [0.29, 0.717) is 25.1 Å². The number of ether oxygens (including phenoxy) is 1. The van der Waals surface area contributed by atoms with Crippen LogP contribution < -0.4 is 4.74 Å². The standard InChI is InChI=1S/C21H25NO4S/c1-2-13-26-20-10-8-18(9-11-20)21(23)22(15-17-6-4-3-5-7-17)19-12-14-27(24,25)16-19/h3-11,19H,2,12-16H2,1H3/t19-/m0/s1. The van der Waals surface area contributed by atoms with Crippen LogP contribution in [0.4, 0.5) is 0 Å². The van der Waals surface area contributed by atoms with E-state index in [1.165, 1.54) is 0 Å². The van der Waals surface area contributed by atoms with Gasteiger partial charge in [-0.1, -0.05) is 37.3 Å². The van der Waals surface area contributed by atoms with Crippen molar-refractivity contribution < 1.29 is 17.9 Å². The lowest BCUT2D eigenvalue weighted by Gasteiger charge is -2.28. The maximum Gasteiger partial charge on any atom is 0.254 e. The Kier molecular flexibility index (Phi) is 6.16. The van der Waals surface area contributed by atoms with E-state index in [2.05, 4.69) is 0 Å². The molecular weight excluding hydrogens is 362 g/mol. The summed E-state index contributed by atoms with van der Waals surface area (Å²) in [6.07, 6.45) is 1.40. The van der Waals surface area contributed by atoms with Crippen molar-refractivity contribution in [2.45, 2.75) is 32.4 Å². The maximum atomic E-state index is 13.2. The fourth-order valence-electron chi connectivity index (χ4n) is 3.25. The third-order valence-corrected chi connectivity index (χ3v) is 6.43. The smallest absolute Gasteiger partial charge is 0.254 e. The van der Waals surface area contributed by atoms with Crippen molar-refractivity contribution in [3.05, 3.63) is 65.7 Å². The zero-order valence-corrected chi connectivity index (χ0v) is 16.3. The Hall–Kier alpha value is -2.34. The number of sulfone groups is 1. The van der Waals surface area contributed by atoms with Crippen LogP contribution in [-0.2, 0) is 16.4 Å². The summed E-state index contributed by atoms with van der Waals surface area (Å²) in [5.41, 5.74) is 1.53. The number of carbonyl (C=O) groups excluding carboxylic acids is 1. The van der Waals surface area contributed by atoms with E-state index >= 15 is 0 Å². The molecule has 0 spiro atoms. The summed E-state index contributed by atoms with van der Waals surface area (Å²) in [4.78, 5) is 14.9. The largest absolute Gasteiger partial charge is 0.494 e. The number of nitrogens with zero attached hydrogens (tertiary/aromatic N) is 1. The first kappa shape index (κ1) is 19.4. The van der Waals surface area contributed by atoms with E-state index in [0.717, 1.165) is 17.7 Å². The number of hydrogen-bond acceptors (Lipinski definition) is 4. The van der Waals surface area contributed by atoms with Gasteiger partial charge in [0.15, 0.2) is 9.84 Å². The lowest BCUT2D eigenvalue weighted by molar-refractivity contribution is 0.0681. The van der Waals surface area contributed by atoms with E-state index in [9.17, 15) is 13.2 Å². The van der Waals surface area contributed by atoms with Gasteiger partial charge in [0.05, 0.1) is 18.1 Å². The molecule has 1 amide bonds. The Morgan fingerprint density at radius 1 is 1.11 bits per heavy atom. The first-order chi connectivity index (χ1) is 13.0. The second kappa shape index (κ2) is 8.57. The molecule has 5 nitrogen and oxygen atoms in total. The molecule has 1 atom stereocenters. The summed E-state index contributed by atoms with van der Waals surface area (Å²) in [6, 6.07) is 16.4. The third kappa shape index (κ3) is 5.10. The summed E-state index contributed by atoms with van der Waals surface area (Å²) >= 11 is 0. The van der Waals surface area contributed by atoms with Crippen LogP contribution in [0, 0.1) is 0 Å². The first-order valence-corrected chi connectivity index (χ1v) is 11.1. The molecule has 2 aromatic carbocycles. The van der Waals surface area contributed by atoms with Crippen molar-refractivity contribution in [1.82, 2.24) is 4.90 Å². The second-order valence-corrected chi connectivity index (χ2v) is 9.08. The Bertz CT molecular complexity index is 863. The number of rotatable bonds is 7. The average Bonchev–Trinajstić information content (AvgIpc) is 3.04. The fraction of sp³-hybridized carbons (Fsp3) is 0.381. The minimum atomic E-state index is -3.08. The lowest BCUT2D eigenvalue weighted by atomic mass is 10.1. The molecule has 0 aliphatic carbocycles. The van der Waals surface area contributed by atoms with Gasteiger partial charge in [-0.05, 0) is 42.7 Å². The Morgan fingerprint density at radius 2 is 1.81 bits per heavy atom. The van der Waals surface area contributed by atoms with Gasteiger partial charge < -0.3 is 9.64 Å². The quantitative estimate of drug-likeness (QED) is 0.731. The van der Waals surface area contributed by atoms with Gasteiger partial charge in [-0.2, -0.15) is 0 Å². The van der Waals surface area contributed by atoms with Crippen molar-refractivity contribution in [3.8, 4) is 5.75 Å². The van der Waals surface area contributed by atoms with Crippen LogP contribution in [0.2, 0.25) is 0 Å². The predicted molar refractivity (Wildman–Crippen MR) is 106 cm³/mol. The molecule has 27 heavy (non-hydrogen) atoms. The van der Waals surface area contributed by atoms with Crippen molar-refractivity contribution in [2.24, 2.45) is 0 Å². The van der Waals surface area contributed by atoms with Crippen LogP contribution in [0.5, 0.6) is 5.75 Å². The number of amides is 1. The monoisotopic (exact) mass is 387 g/mol. The summed E-state index contributed by atoms with van der Waals surface area (Å²) in [5, 5.41) is 0. The third-order valence-electron chi connectivity index (χ3n) is 4.68. The molecule has 144 valence electrons. The highest BCUT2D eigenvalue weighted by atomic mass is 32.2. The molecule has 0 saturated carbocycles. The van der Waals surface area contributed by atoms with Crippen molar-refractivity contribution in [3.63, 3.8) is 0 Å². The van der Waals surface area contributed by atoms with Crippen LogP contribution in [0.15, 0.2) is 54.6 Å². The van der Waals surface area contributed by atoms with E-state index in [4.69, 9.17) is 4.74 Å². The minimum Gasteiger partial charge on any atom is -0.494 e. The highest BCUT2D eigenvalue weighted by Gasteiger charge is 2.35. The van der Waals surface area contributed by atoms with Crippen LogP contribution in [0.25, 0.3) is 0 Å². The lowest BCUT2D eigenvalue weighted by Crippen LogP contribution is -2.40. The van der Waals surface area contributed by atoms with Crippen molar-refractivity contribution in [2.75, 3.05) is 18.1 Å². The Balaban J connectivity index is 1.82.